The number of aliphatic hydroxyl groups is 4. The van der Waals surface area contributed by atoms with Gasteiger partial charge in [0.1, 0.15) is 17.8 Å². The number of ether oxygens (including phenoxy) is 3. The van der Waals surface area contributed by atoms with E-state index in [1.54, 1.807) is 34.6 Å². The fourth-order valence-electron chi connectivity index (χ4n) is 5.47. The van der Waals surface area contributed by atoms with Crippen molar-refractivity contribution in [2.45, 2.75) is 137 Å². The van der Waals surface area contributed by atoms with E-state index >= 15 is 0 Å². The zero-order valence-corrected chi connectivity index (χ0v) is 27.0. The van der Waals surface area contributed by atoms with Crippen LogP contribution in [0.3, 0.4) is 0 Å². The van der Waals surface area contributed by atoms with Gasteiger partial charge in [-0.05, 0) is 75.9 Å². The van der Waals surface area contributed by atoms with E-state index in [0.29, 0.717) is 24.0 Å². The summed E-state index contributed by atoms with van der Waals surface area (Å²) in [6.07, 6.45) is -4.99. The molecule has 0 fully saturated rings. The lowest BCUT2D eigenvalue weighted by molar-refractivity contribution is -0.162. The third-order valence-electron chi connectivity index (χ3n) is 7.84. The Kier molecular flexibility index (Phi) is 14.9. The van der Waals surface area contributed by atoms with Crippen LogP contribution in [0.15, 0.2) is 11.1 Å². The summed E-state index contributed by atoms with van der Waals surface area (Å²) in [6, 6.07) is -0.983. The summed E-state index contributed by atoms with van der Waals surface area (Å²) < 4.78 is 16.7. The van der Waals surface area contributed by atoms with Gasteiger partial charge in [0.15, 0.2) is 6.10 Å². The Morgan fingerprint density at radius 1 is 1.10 bits per heavy atom. The number of alkyl carbamates (subject to hydrolysis) is 1. The second-order valence-electron chi connectivity index (χ2n) is 13.1. The Morgan fingerprint density at radius 2 is 1.69 bits per heavy atom. The Hall–Kier alpha value is -2.21. The standard InChI is InChI=1S/C31H55NO10/c1-11-12-23(35)18(5)26(36)28(40-20(7)34)25-17(4)21(15-33)14-24(19(25)6)41-29(38)27(37)22(13-16(2)3)32-30(39)42-31(8,9)10/h16-18,21-24,26-28,33,35-37H,11-15H2,1-10H3,(H,32,39)/t17?,18?,21?,22-,23-,24-,26+,27?,28-/m0/s1. The molecule has 0 aromatic heterocycles. The van der Waals surface area contributed by atoms with E-state index in [-0.39, 0.29) is 31.3 Å². The van der Waals surface area contributed by atoms with E-state index in [0.717, 1.165) is 0 Å². The van der Waals surface area contributed by atoms with E-state index in [1.165, 1.54) is 6.92 Å². The number of nitrogens with one attached hydrogen (secondary N) is 1. The molecule has 1 amide bonds. The van der Waals surface area contributed by atoms with Gasteiger partial charge < -0.3 is 40.0 Å². The van der Waals surface area contributed by atoms with Crippen molar-refractivity contribution in [3.8, 4) is 0 Å². The summed E-state index contributed by atoms with van der Waals surface area (Å²) in [4.78, 5) is 37.8. The highest BCUT2D eigenvalue weighted by atomic mass is 16.6. The van der Waals surface area contributed by atoms with Crippen molar-refractivity contribution in [3.05, 3.63) is 11.1 Å². The number of carbonyl (C=O) groups is 3. The molecule has 11 nitrogen and oxygen atoms in total. The average Bonchev–Trinajstić information content (AvgIpc) is 2.86. The molecule has 1 aliphatic rings. The first-order valence-electron chi connectivity index (χ1n) is 15.1. The van der Waals surface area contributed by atoms with Gasteiger partial charge in [0.25, 0.3) is 0 Å². The maximum Gasteiger partial charge on any atom is 0.407 e. The monoisotopic (exact) mass is 601 g/mol. The maximum atomic E-state index is 13.3. The Bertz CT molecular complexity index is 927. The third kappa shape index (κ3) is 11.1. The molecule has 9 atom stereocenters. The lowest BCUT2D eigenvalue weighted by atomic mass is 9.71. The van der Waals surface area contributed by atoms with Crippen LogP contribution in [0.4, 0.5) is 4.79 Å². The number of hydrogen-bond donors (Lipinski definition) is 5. The molecule has 0 aliphatic heterocycles. The summed E-state index contributed by atoms with van der Waals surface area (Å²) in [5.74, 6) is -3.00. The molecule has 0 aromatic rings. The number of carbonyl (C=O) groups excluding carboxylic acids is 3. The molecule has 1 aliphatic carbocycles. The number of aliphatic hydroxyl groups excluding tert-OH is 4. The molecule has 0 spiro atoms. The van der Waals surface area contributed by atoms with Crippen LogP contribution in [0, 0.1) is 23.7 Å². The fraction of sp³-hybridized carbons (Fsp3) is 0.839. The van der Waals surface area contributed by atoms with E-state index in [4.69, 9.17) is 14.2 Å². The largest absolute Gasteiger partial charge is 0.456 e. The van der Waals surface area contributed by atoms with Crippen LogP contribution in [-0.2, 0) is 23.8 Å². The molecule has 0 aromatic carbocycles. The minimum atomic E-state index is -1.71. The van der Waals surface area contributed by atoms with Gasteiger partial charge in [0.05, 0.1) is 18.2 Å². The molecule has 42 heavy (non-hydrogen) atoms. The van der Waals surface area contributed by atoms with E-state index in [1.807, 2.05) is 27.7 Å². The lowest BCUT2D eigenvalue weighted by Crippen LogP contribution is -2.51. The van der Waals surface area contributed by atoms with Gasteiger partial charge in [-0.25, -0.2) is 9.59 Å². The van der Waals surface area contributed by atoms with Crippen LogP contribution < -0.4 is 5.32 Å². The molecule has 244 valence electrons. The van der Waals surface area contributed by atoms with Crippen molar-refractivity contribution >= 4 is 18.0 Å². The number of amides is 1. The van der Waals surface area contributed by atoms with Crippen molar-refractivity contribution in [2.24, 2.45) is 23.7 Å². The fourth-order valence-corrected chi connectivity index (χ4v) is 5.47. The smallest absolute Gasteiger partial charge is 0.407 e. The van der Waals surface area contributed by atoms with Crippen molar-refractivity contribution < 1.29 is 49.0 Å². The van der Waals surface area contributed by atoms with Crippen molar-refractivity contribution in [3.63, 3.8) is 0 Å². The van der Waals surface area contributed by atoms with Crippen molar-refractivity contribution in [1.82, 2.24) is 5.32 Å². The van der Waals surface area contributed by atoms with Crippen LogP contribution >= 0.6 is 0 Å². The third-order valence-corrected chi connectivity index (χ3v) is 7.84. The molecular formula is C31H55NO10. The van der Waals surface area contributed by atoms with Crippen LogP contribution in [0.25, 0.3) is 0 Å². The molecule has 1 rings (SSSR count). The van der Waals surface area contributed by atoms with Gasteiger partial charge in [0.2, 0.25) is 0 Å². The Morgan fingerprint density at radius 3 is 2.17 bits per heavy atom. The van der Waals surface area contributed by atoms with Gasteiger partial charge in [-0.1, -0.05) is 41.0 Å². The zero-order chi connectivity index (χ0) is 32.5. The quantitative estimate of drug-likeness (QED) is 0.113. The normalized spacial score (nSPS) is 23.8. The van der Waals surface area contributed by atoms with E-state index in [9.17, 15) is 34.8 Å². The minimum absolute atomic E-state index is 0.0194. The highest BCUT2D eigenvalue weighted by molar-refractivity contribution is 5.77. The first-order chi connectivity index (χ1) is 19.3. The first-order valence-corrected chi connectivity index (χ1v) is 15.1. The van der Waals surface area contributed by atoms with Crippen LogP contribution in [-0.4, -0.2) is 87.2 Å². The topological polar surface area (TPSA) is 172 Å². The summed E-state index contributed by atoms with van der Waals surface area (Å²) in [7, 11) is 0. The number of esters is 2. The average molecular weight is 602 g/mol. The Labute approximate surface area is 251 Å². The van der Waals surface area contributed by atoms with Crippen LogP contribution in [0.5, 0.6) is 0 Å². The highest BCUT2D eigenvalue weighted by Gasteiger charge is 2.44. The maximum absolute atomic E-state index is 13.3. The Balaban J connectivity index is 3.39. The van der Waals surface area contributed by atoms with Gasteiger partial charge in [-0.15, -0.1) is 0 Å². The molecule has 4 unspecified atom stereocenters. The molecule has 0 bridgehead atoms. The number of rotatable bonds is 14. The van der Waals surface area contributed by atoms with Crippen molar-refractivity contribution in [2.75, 3.05) is 6.61 Å². The van der Waals surface area contributed by atoms with Gasteiger partial charge in [-0.3, -0.25) is 4.79 Å². The zero-order valence-electron chi connectivity index (χ0n) is 27.0. The molecule has 5 N–H and O–H groups in total. The summed E-state index contributed by atoms with van der Waals surface area (Å²) in [6.45, 7) is 17.0. The molecule has 0 saturated carbocycles. The van der Waals surface area contributed by atoms with Crippen LogP contribution in [0.1, 0.15) is 94.9 Å². The van der Waals surface area contributed by atoms with Gasteiger partial charge in [-0.2, -0.15) is 0 Å². The van der Waals surface area contributed by atoms with Crippen molar-refractivity contribution in [1.29, 1.82) is 0 Å². The molecule has 0 saturated heterocycles. The van der Waals surface area contributed by atoms with Gasteiger partial charge in [0, 0.05) is 19.4 Å². The molecule has 0 heterocycles. The molecular weight excluding hydrogens is 546 g/mol. The van der Waals surface area contributed by atoms with E-state index < -0.39 is 72.0 Å². The lowest BCUT2D eigenvalue weighted by Gasteiger charge is -2.41. The number of hydrogen-bond acceptors (Lipinski definition) is 10. The predicted octanol–water partition coefficient (Wildman–Crippen LogP) is 3.25. The predicted molar refractivity (Wildman–Crippen MR) is 157 cm³/mol. The molecule has 0 radical (unpaired) electrons. The first kappa shape index (κ1) is 37.8. The second kappa shape index (κ2) is 16.6. The van der Waals surface area contributed by atoms with Crippen LogP contribution in [0.2, 0.25) is 0 Å². The molecule has 11 heteroatoms. The van der Waals surface area contributed by atoms with E-state index in [2.05, 4.69) is 5.32 Å². The SMILES string of the molecule is CCC[C@H](O)C(C)[C@@H](O)[C@@H](OC(C)=O)C1=C(C)[C@@H](OC(=O)C(O)[C@H](CC(C)C)NC(=O)OC(C)(C)C)CC(CO)C1C. The summed E-state index contributed by atoms with van der Waals surface area (Å²) in [5, 5.41) is 45.6. The second-order valence-corrected chi connectivity index (χ2v) is 13.1. The summed E-state index contributed by atoms with van der Waals surface area (Å²) >= 11 is 0. The summed E-state index contributed by atoms with van der Waals surface area (Å²) in [5.41, 5.74) is 0.244. The highest BCUT2D eigenvalue weighted by Crippen LogP contribution is 2.41. The minimum Gasteiger partial charge on any atom is -0.456 e. The van der Waals surface area contributed by atoms with Gasteiger partial charge >= 0.3 is 18.0 Å².